The second-order valence-electron chi connectivity index (χ2n) is 5.98. The van der Waals surface area contributed by atoms with Crippen molar-refractivity contribution in [3.05, 3.63) is 48.7 Å². The second kappa shape index (κ2) is 6.24. The predicted molar refractivity (Wildman–Crippen MR) is 88.9 cm³/mol. The van der Waals surface area contributed by atoms with Gasteiger partial charge in [-0.3, -0.25) is 4.79 Å². The lowest BCUT2D eigenvalue weighted by Gasteiger charge is -2.17. The standard InChI is InChI=1S/C17H21N5O/c1-12(2)22-11-18-20-17(22)13(3)19-16(23)10-21-9-8-14-6-4-5-7-15(14)21/h4-9,11-13H,10H2,1-3H3,(H,19,23)/t13-/m1/s1. The molecule has 0 bridgehead atoms. The van der Waals surface area contributed by atoms with Crippen LogP contribution in [0.25, 0.3) is 10.9 Å². The van der Waals surface area contributed by atoms with Crippen molar-refractivity contribution in [3.8, 4) is 0 Å². The van der Waals surface area contributed by atoms with Crippen LogP contribution in [0.2, 0.25) is 0 Å². The van der Waals surface area contributed by atoms with Gasteiger partial charge in [0.2, 0.25) is 5.91 Å². The van der Waals surface area contributed by atoms with Crippen LogP contribution in [0.4, 0.5) is 0 Å². The molecule has 6 nitrogen and oxygen atoms in total. The molecule has 1 amide bonds. The largest absolute Gasteiger partial charge is 0.345 e. The minimum atomic E-state index is -0.186. The molecule has 1 aromatic carbocycles. The molecule has 2 aromatic heterocycles. The molecule has 120 valence electrons. The van der Waals surface area contributed by atoms with Crippen molar-refractivity contribution in [2.75, 3.05) is 0 Å². The quantitative estimate of drug-likeness (QED) is 0.788. The van der Waals surface area contributed by atoms with Crippen molar-refractivity contribution in [1.29, 1.82) is 0 Å². The van der Waals surface area contributed by atoms with Gasteiger partial charge in [0, 0.05) is 17.8 Å². The summed E-state index contributed by atoms with van der Waals surface area (Å²) in [6.45, 7) is 6.34. The number of para-hydroxylation sites is 1. The SMILES string of the molecule is CC(C)n1cnnc1[C@@H](C)NC(=O)Cn1ccc2ccccc21. The van der Waals surface area contributed by atoms with E-state index in [9.17, 15) is 4.79 Å². The smallest absolute Gasteiger partial charge is 0.240 e. The number of benzene rings is 1. The molecule has 1 N–H and O–H groups in total. The predicted octanol–water partition coefficient (Wildman–Crippen LogP) is 2.69. The molecular formula is C17H21N5O. The van der Waals surface area contributed by atoms with E-state index in [0.717, 1.165) is 16.7 Å². The Morgan fingerprint density at radius 3 is 2.78 bits per heavy atom. The number of rotatable bonds is 5. The van der Waals surface area contributed by atoms with Crippen molar-refractivity contribution < 1.29 is 4.79 Å². The van der Waals surface area contributed by atoms with Crippen LogP contribution >= 0.6 is 0 Å². The van der Waals surface area contributed by atoms with Gasteiger partial charge < -0.3 is 14.5 Å². The molecule has 0 aliphatic heterocycles. The Balaban J connectivity index is 1.70. The topological polar surface area (TPSA) is 64.7 Å². The third kappa shape index (κ3) is 3.11. The summed E-state index contributed by atoms with van der Waals surface area (Å²) in [6.07, 6.45) is 3.63. The van der Waals surface area contributed by atoms with Crippen LogP contribution in [0.15, 0.2) is 42.9 Å². The first-order valence-electron chi connectivity index (χ1n) is 7.79. The van der Waals surface area contributed by atoms with Crippen LogP contribution in [0.5, 0.6) is 0 Å². The zero-order valence-corrected chi connectivity index (χ0v) is 13.6. The summed E-state index contributed by atoms with van der Waals surface area (Å²) >= 11 is 0. The number of carbonyl (C=O) groups is 1. The number of amides is 1. The lowest BCUT2D eigenvalue weighted by Crippen LogP contribution is -2.31. The van der Waals surface area contributed by atoms with E-state index in [1.807, 2.05) is 52.6 Å². The molecule has 3 rings (SSSR count). The number of nitrogens with zero attached hydrogens (tertiary/aromatic N) is 4. The third-order valence-electron chi connectivity index (χ3n) is 3.92. The van der Waals surface area contributed by atoms with Gasteiger partial charge in [-0.2, -0.15) is 0 Å². The fraction of sp³-hybridized carbons (Fsp3) is 0.353. The highest BCUT2D eigenvalue weighted by molar-refractivity contribution is 5.83. The normalized spacial score (nSPS) is 12.7. The lowest BCUT2D eigenvalue weighted by molar-refractivity contribution is -0.122. The number of hydrogen-bond donors (Lipinski definition) is 1. The van der Waals surface area contributed by atoms with Gasteiger partial charge in [-0.1, -0.05) is 18.2 Å². The number of carbonyl (C=O) groups excluding carboxylic acids is 1. The van der Waals surface area contributed by atoms with Crippen LogP contribution in [0.1, 0.15) is 38.7 Å². The number of nitrogens with one attached hydrogen (secondary N) is 1. The first-order valence-corrected chi connectivity index (χ1v) is 7.79. The van der Waals surface area contributed by atoms with Gasteiger partial charge in [0.15, 0.2) is 5.82 Å². The van der Waals surface area contributed by atoms with E-state index >= 15 is 0 Å². The minimum absolute atomic E-state index is 0.0443. The minimum Gasteiger partial charge on any atom is -0.345 e. The van der Waals surface area contributed by atoms with E-state index in [2.05, 4.69) is 29.4 Å². The molecule has 0 aliphatic carbocycles. The summed E-state index contributed by atoms with van der Waals surface area (Å²) in [5.41, 5.74) is 1.06. The maximum absolute atomic E-state index is 12.4. The number of fused-ring (bicyclic) bond motifs is 1. The zero-order valence-electron chi connectivity index (χ0n) is 13.6. The molecule has 6 heteroatoms. The Labute approximate surface area is 135 Å². The highest BCUT2D eigenvalue weighted by Gasteiger charge is 2.17. The van der Waals surface area contributed by atoms with Crippen molar-refractivity contribution >= 4 is 16.8 Å². The second-order valence-corrected chi connectivity index (χ2v) is 5.98. The molecule has 2 heterocycles. The summed E-state index contributed by atoms with van der Waals surface area (Å²) < 4.78 is 3.92. The van der Waals surface area contributed by atoms with Crippen molar-refractivity contribution in [3.63, 3.8) is 0 Å². The fourth-order valence-electron chi connectivity index (χ4n) is 2.74. The molecule has 0 saturated heterocycles. The molecular weight excluding hydrogens is 290 g/mol. The summed E-state index contributed by atoms with van der Waals surface area (Å²) in [7, 11) is 0. The Kier molecular flexibility index (Phi) is 4.14. The molecule has 3 aromatic rings. The van der Waals surface area contributed by atoms with Crippen LogP contribution in [-0.4, -0.2) is 25.2 Å². The highest BCUT2D eigenvalue weighted by atomic mass is 16.2. The maximum atomic E-state index is 12.4. The van der Waals surface area contributed by atoms with Crippen molar-refractivity contribution in [2.45, 2.75) is 39.4 Å². The average molecular weight is 311 g/mol. The monoisotopic (exact) mass is 311 g/mol. The third-order valence-corrected chi connectivity index (χ3v) is 3.92. The molecule has 0 unspecified atom stereocenters. The van der Waals surface area contributed by atoms with Crippen LogP contribution in [-0.2, 0) is 11.3 Å². The summed E-state index contributed by atoms with van der Waals surface area (Å²) in [4.78, 5) is 12.4. The van der Waals surface area contributed by atoms with Crippen LogP contribution in [0, 0.1) is 0 Å². The van der Waals surface area contributed by atoms with E-state index in [1.54, 1.807) is 6.33 Å². The van der Waals surface area contributed by atoms with Crippen molar-refractivity contribution in [1.82, 2.24) is 24.6 Å². The summed E-state index contributed by atoms with van der Waals surface area (Å²) in [5, 5.41) is 12.2. The van der Waals surface area contributed by atoms with Crippen LogP contribution in [0.3, 0.4) is 0 Å². The first kappa shape index (κ1) is 15.3. The average Bonchev–Trinajstić information content (AvgIpc) is 3.14. The number of aromatic nitrogens is 4. The van der Waals surface area contributed by atoms with E-state index < -0.39 is 0 Å². The molecule has 0 fully saturated rings. The van der Waals surface area contributed by atoms with Gasteiger partial charge in [0.05, 0.1) is 6.04 Å². The molecule has 0 saturated carbocycles. The van der Waals surface area contributed by atoms with Gasteiger partial charge in [-0.15, -0.1) is 10.2 Å². The summed E-state index contributed by atoms with van der Waals surface area (Å²) in [5.74, 6) is 0.725. The number of hydrogen-bond acceptors (Lipinski definition) is 3. The van der Waals surface area contributed by atoms with Gasteiger partial charge in [0.1, 0.15) is 12.9 Å². The Hall–Kier alpha value is -2.63. The van der Waals surface area contributed by atoms with E-state index in [-0.39, 0.29) is 24.5 Å². The molecule has 0 spiro atoms. The first-order chi connectivity index (χ1) is 11.1. The molecule has 23 heavy (non-hydrogen) atoms. The van der Waals surface area contributed by atoms with Crippen LogP contribution < -0.4 is 5.32 Å². The molecule has 0 aliphatic rings. The summed E-state index contributed by atoms with van der Waals surface area (Å²) in [6, 6.07) is 10.1. The van der Waals surface area contributed by atoms with E-state index in [1.165, 1.54) is 0 Å². The zero-order chi connectivity index (χ0) is 16.4. The van der Waals surface area contributed by atoms with Gasteiger partial charge in [0.25, 0.3) is 0 Å². The lowest BCUT2D eigenvalue weighted by atomic mass is 10.2. The maximum Gasteiger partial charge on any atom is 0.240 e. The molecule has 0 radical (unpaired) electrons. The Morgan fingerprint density at radius 2 is 2.00 bits per heavy atom. The van der Waals surface area contributed by atoms with Crippen molar-refractivity contribution in [2.24, 2.45) is 0 Å². The van der Waals surface area contributed by atoms with Gasteiger partial charge >= 0.3 is 0 Å². The fourth-order valence-corrected chi connectivity index (χ4v) is 2.74. The van der Waals surface area contributed by atoms with Gasteiger partial charge in [-0.05, 0) is 38.3 Å². The Morgan fingerprint density at radius 1 is 1.22 bits per heavy atom. The van der Waals surface area contributed by atoms with E-state index in [4.69, 9.17) is 0 Å². The van der Waals surface area contributed by atoms with E-state index in [0.29, 0.717) is 0 Å². The van der Waals surface area contributed by atoms with Gasteiger partial charge in [-0.25, -0.2) is 0 Å². The molecule has 1 atom stereocenters. The highest BCUT2D eigenvalue weighted by Crippen LogP contribution is 2.16. The Bertz CT molecular complexity index is 817.